The summed E-state index contributed by atoms with van der Waals surface area (Å²) in [6.07, 6.45) is 4.92. The molecule has 36 heavy (non-hydrogen) atoms. The Labute approximate surface area is 208 Å². The molecule has 0 unspecified atom stereocenters. The average Bonchev–Trinajstić information content (AvgIpc) is 3.53. The Morgan fingerprint density at radius 1 is 1.17 bits per heavy atom. The Kier molecular flexibility index (Phi) is 6.18. The molecule has 2 aromatic heterocycles. The molecule has 1 saturated heterocycles. The van der Waals surface area contributed by atoms with Crippen molar-refractivity contribution >= 4 is 11.4 Å². The maximum Gasteiger partial charge on any atom is 0.246 e. The van der Waals surface area contributed by atoms with Gasteiger partial charge >= 0.3 is 0 Å². The number of imidazole rings is 1. The van der Waals surface area contributed by atoms with Crippen molar-refractivity contribution in [3.05, 3.63) is 84.3 Å². The molecule has 0 N–H and O–H groups in total. The van der Waals surface area contributed by atoms with Crippen LogP contribution in [0.2, 0.25) is 0 Å². The van der Waals surface area contributed by atoms with E-state index in [1.54, 1.807) is 30.3 Å². The smallest absolute Gasteiger partial charge is 0.246 e. The highest BCUT2D eigenvalue weighted by atomic mass is 19.1. The van der Waals surface area contributed by atoms with Crippen molar-refractivity contribution < 1.29 is 18.7 Å². The van der Waals surface area contributed by atoms with Gasteiger partial charge in [-0.05, 0) is 69.2 Å². The van der Waals surface area contributed by atoms with E-state index in [4.69, 9.17) is 14.5 Å². The number of hydrogen-bond donors (Lipinski definition) is 0. The number of amides is 1. The van der Waals surface area contributed by atoms with E-state index in [0.717, 1.165) is 46.8 Å². The third-order valence-corrected chi connectivity index (χ3v) is 6.56. The topological polar surface area (TPSA) is 69.0 Å². The molecule has 0 saturated carbocycles. The van der Waals surface area contributed by atoms with Crippen LogP contribution in [0.4, 0.5) is 4.39 Å². The number of carbonyl (C=O) groups excluding carboxylic acids is 1. The number of aryl methyl sites for hydroxylation is 2. The van der Waals surface area contributed by atoms with E-state index >= 15 is 0 Å². The molecule has 1 fully saturated rings. The molecule has 0 spiro atoms. The van der Waals surface area contributed by atoms with E-state index in [1.165, 1.54) is 13.2 Å². The van der Waals surface area contributed by atoms with Gasteiger partial charge in [-0.2, -0.15) is 4.39 Å². The Morgan fingerprint density at radius 3 is 2.64 bits per heavy atom. The summed E-state index contributed by atoms with van der Waals surface area (Å²) in [5.41, 5.74) is 4.32. The van der Waals surface area contributed by atoms with Crippen molar-refractivity contribution in [1.82, 2.24) is 19.3 Å². The normalized spacial score (nSPS) is 15.3. The third-order valence-electron chi connectivity index (χ3n) is 6.56. The summed E-state index contributed by atoms with van der Waals surface area (Å²) in [6, 6.07) is 12.0. The molecular weight excluding hydrogens is 459 g/mol. The first-order valence-electron chi connectivity index (χ1n) is 11.8. The molecule has 1 aliphatic rings. The van der Waals surface area contributed by atoms with Crippen molar-refractivity contribution in [2.75, 3.05) is 13.7 Å². The first-order chi connectivity index (χ1) is 17.4. The molecular formula is C28H27FN4O3. The number of halogens is 1. The standard InChI is InChI=1S/C28H27FN4O3/c1-5-24(34)32-15-7-8-21(32)28-31-26(27-18(3)30-16-17(2)33(27)28)19-11-13-20(14-12-19)36-23-10-6-9-22(35-4)25(23)29/h5-6,9-14,16,21H,1,7-8,15H2,2-4H3/t21-/m0/s1. The zero-order chi connectivity index (χ0) is 25.4. The van der Waals surface area contributed by atoms with Gasteiger partial charge in [0.2, 0.25) is 11.7 Å². The summed E-state index contributed by atoms with van der Waals surface area (Å²) in [7, 11) is 1.41. The van der Waals surface area contributed by atoms with E-state index in [2.05, 4.69) is 16.0 Å². The van der Waals surface area contributed by atoms with Gasteiger partial charge in [-0.1, -0.05) is 12.6 Å². The molecule has 2 aromatic carbocycles. The van der Waals surface area contributed by atoms with Crippen LogP contribution in [0.3, 0.4) is 0 Å². The Balaban J connectivity index is 1.55. The molecule has 1 amide bonds. The van der Waals surface area contributed by atoms with Gasteiger partial charge in [0.05, 0.1) is 30.1 Å². The second kappa shape index (κ2) is 9.45. The lowest BCUT2D eigenvalue weighted by atomic mass is 10.1. The highest BCUT2D eigenvalue weighted by Gasteiger charge is 2.33. The molecule has 3 heterocycles. The molecule has 4 aromatic rings. The second-order valence-corrected chi connectivity index (χ2v) is 8.78. The third kappa shape index (κ3) is 3.98. The summed E-state index contributed by atoms with van der Waals surface area (Å²) >= 11 is 0. The van der Waals surface area contributed by atoms with Crippen LogP contribution in [0, 0.1) is 19.7 Å². The lowest BCUT2D eigenvalue weighted by Crippen LogP contribution is -2.30. The van der Waals surface area contributed by atoms with Crippen molar-refractivity contribution in [3.8, 4) is 28.5 Å². The number of aromatic nitrogens is 3. The van der Waals surface area contributed by atoms with E-state index in [9.17, 15) is 9.18 Å². The molecule has 1 aliphatic heterocycles. The number of ether oxygens (including phenoxy) is 2. The first kappa shape index (κ1) is 23.5. The van der Waals surface area contributed by atoms with Crippen LogP contribution in [0.25, 0.3) is 16.8 Å². The summed E-state index contributed by atoms with van der Waals surface area (Å²) < 4.78 is 27.4. The fourth-order valence-electron chi connectivity index (χ4n) is 4.81. The van der Waals surface area contributed by atoms with Crippen LogP contribution in [0.5, 0.6) is 17.2 Å². The van der Waals surface area contributed by atoms with E-state index in [0.29, 0.717) is 12.3 Å². The highest BCUT2D eigenvalue weighted by Crippen LogP contribution is 2.37. The highest BCUT2D eigenvalue weighted by molar-refractivity contribution is 5.87. The van der Waals surface area contributed by atoms with Crippen LogP contribution in [0.1, 0.15) is 36.1 Å². The second-order valence-electron chi connectivity index (χ2n) is 8.78. The molecule has 1 atom stereocenters. The zero-order valence-corrected chi connectivity index (χ0v) is 20.5. The van der Waals surface area contributed by atoms with Gasteiger partial charge in [0.15, 0.2) is 11.5 Å². The number of carbonyl (C=O) groups is 1. The molecule has 0 aliphatic carbocycles. The average molecular weight is 487 g/mol. The fraction of sp³-hybridized carbons (Fsp3) is 0.250. The summed E-state index contributed by atoms with van der Waals surface area (Å²) in [5, 5.41) is 0. The van der Waals surface area contributed by atoms with Crippen molar-refractivity contribution in [2.24, 2.45) is 0 Å². The minimum absolute atomic E-state index is 0.0840. The minimum Gasteiger partial charge on any atom is -0.494 e. The van der Waals surface area contributed by atoms with Crippen LogP contribution in [-0.2, 0) is 4.79 Å². The van der Waals surface area contributed by atoms with E-state index < -0.39 is 5.82 Å². The number of fused-ring (bicyclic) bond motifs is 1. The van der Waals surface area contributed by atoms with E-state index in [1.807, 2.05) is 37.1 Å². The lowest BCUT2D eigenvalue weighted by Gasteiger charge is -2.23. The SMILES string of the molecule is C=CC(=O)N1CCC[C@H]1c1nc(-c2ccc(Oc3cccc(OC)c3F)cc2)c2c(C)ncc(C)n12. The van der Waals surface area contributed by atoms with Crippen molar-refractivity contribution in [1.29, 1.82) is 0 Å². The summed E-state index contributed by atoms with van der Waals surface area (Å²) in [5.74, 6) is 0.858. The monoisotopic (exact) mass is 486 g/mol. The fourth-order valence-corrected chi connectivity index (χ4v) is 4.81. The van der Waals surface area contributed by atoms with Gasteiger partial charge in [0.1, 0.15) is 11.6 Å². The van der Waals surface area contributed by atoms with Crippen LogP contribution in [-0.4, -0.2) is 38.8 Å². The maximum atomic E-state index is 14.5. The van der Waals surface area contributed by atoms with Gasteiger partial charge < -0.3 is 14.4 Å². The Bertz CT molecular complexity index is 1460. The van der Waals surface area contributed by atoms with Gasteiger partial charge in [0.25, 0.3) is 0 Å². The largest absolute Gasteiger partial charge is 0.494 e. The number of hydrogen-bond acceptors (Lipinski definition) is 5. The zero-order valence-electron chi connectivity index (χ0n) is 20.5. The predicted molar refractivity (Wildman–Crippen MR) is 135 cm³/mol. The van der Waals surface area contributed by atoms with Gasteiger partial charge in [-0.3, -0.25) is 14.2 Å². The first-order valence-corrected chi connectivity index (χ1v) is 11.8. The minimum atomic E-state index is -0.554. The number of benzene rings is 2. The number of likely N-dealkylation sites (tertiary alicyclic amines) is 1. The van der Waals surface area contributed by atoms with Gasteiger partial charge in [-0.15, -0.1) is 0 Å². The number of nitrogens with zero attached hydrogens (tertiary/aromatic N) is 4. The summed E-state index contributed by atoms with van der Waals surface area (Å²) in [6.45, 7) is 8.28. The van der Waals surface area contributed by atoms with Crippen LogP contribution < -0.4 is 9.47 Å². The van der Waals surface area contributed by atoms with Gasteiger partial charge in [0, 0.05) is 24.0 Å². The summed E-state index contributed by atoms with van der Waals surface area (Å²) in [4.78, 5) is 24.0. The predicted octanol–water partition coefficient (Wildman–Crippen LogP) is 5.80. The molecule has 7 nitrogen and oxygen atoms in total. The number of rotatable bonds is 6. The maximum absolute atomic E-state index is 14.5. The quantitative estimate of drug-likeness (QED) is 0.322. The van der Waals surface area contributed by atoms with Gasteiger partial charge in [-0.25, -0.2) is 4.98 Å². The lowest BCUT2D eigenvalue weighted by molar-refractivity contribution is -0.127. The molecule has 0 radical (unpaired) electrons. The van der Waals surface area contributed by atoms with Crippen LogP contribution >= 0.6 is 0 Å². The molecule has 8 heteroatoms. The molecule has 0 bridgehead atoms. The van der Waals surface area contributed by atoms with Crippen molar-refractivity contribution in [2.45, 2.75) is 32.7 Å². The Morgan fingerprint density at radius 2 is 1.92 bits per heavy atom. The van der Waals surface area contributed by atoms with Crippen LogP contribution in [0.15, 0.2) is 61.3 Å². The van der Waals surface area contributed by atoms with Crippen molar-refractivity contribution in [3.63, 3.8) is 0 Å². The molecule has 5 rings (SSSR count). The Hall–Kier alpha value is -4.20. The van der Waals surface area contributed by atoms with E-state index in [-0.39, 0.29) is 23.4 Å². The number of methoxy groups -OCH3 is 1. The molecule has 184 valence electrons.